The van der Waals surface area contributed by atoms with E-state index in [1.54, 1.807) is 0 Å². The number of amides is 1. The first-order valence-corrected chi connectivity index (χ1v) is 14.2. The highest BCUT2D eigenvalue weighted by Crippen LogP contribution is 2.48. The molecule has 1 heterocycles. The summed E-state index contributed by atoms with van der Waals surface area (Å²) in [4.78, 5) is 32.2. The molecule has 3 aromatic rings. The molecule has 0 radical (unpaired) electrons. The Balaban J connectivity index is 1.54. The van der Waals surface area contributed by atoms with E-state index in [1.807, 2.05) is 41.8 Å². The largest absolute Gasteiger partial charge is 0.325 e. The number of para-hydroxylation sites is 1. The molecule has 2 aromatic carbocycles. The van der Waals surface area contributed by atoms with Gasteiger partial charge in [-0.05, 0) is 49.8 Å². The number of aryl methyl sites for hydroxylation is 1. The van der Waals surface area contributed by atoms with Crippen LogP contribution in [0.5, 0.6) is 0 Å². The first-order valence-electron chi connectivity index (χ1n) is 13.2. The van der Waals surface area contributed by atoms with Gasteiger partial charge in [0.1, 0.15) is 0 Å². The molecule has 0 aliphatic heterocycles. The van der Waals surface area contributed by atoms with Gasteiger partial charge in [0.15, 0.2) is 5.16 Å². The van der Waals surface area contributed by atoms with Gasteiger partial charge in [0.2, 0.25) is 5.91 Å². The van der Waals surface area contributed by atoms with E-state index in [0.717, 1.165) is 73.0 Å². The van der Waals surface area contributed by atoms with Crippen LogP contribution in [0.1, 0.15) is 68.6 Å². The maximum absolute atomic E-state index is 14.2. The molecule has 0 bridgehead atoms. The van der Waals surface area contributed by atoms with Crippen molar-refractivity contribution in [2.24, 2.45) is 0 Å². The molecule has 188 valence electrons. The molecule has 36 heavy (non-hydrogen) atoms. The average Bonchev–Trinajstić information content (AvgIpc) is 2.88. The summed E-state index contributed by atoms with van der Waals surface area (Å²) in [5, 5.41) is 3.66. The Morgan fingerprint density at radius 1 is 1.08 bits per heavy atom. The van der Waals surface area contributed by atoms with E-state index >= 15 is 0 Å². The molecule has 1 saturated carbocycles. The maximum atomic E-state index is 14.2. The van der Waals surface area contributed by atoms with Crippen LogP contribution in [0.15, 0.2) is 58.5 Å². The zero-order chi connectivity index (χ0) is 25.1. The summed E-state index contributed by atoms with van der Waals surface area (Å²) in [6.45, 7) is 4.75. The van der Waals surface area contributed by atoms with Crippen molar-refractivity contribution in [3.05, 3.63) is 75.6 Å². The van der Waals surface area contributed by atoms with E-state index in [2.05, 4.69) is 30.4 Å². The van der Waals surface area contributed by atoms with Crippen molar-refractivity contribution in [2.75, 3.05) is 11.1 Å². The number of nitrogens with one attached hydrogen (secondary N) is 1. The van der Waals surface area contributed by atoms with Gasteiger partial charge in [-0.15, -0.1) is 0 Å². The van der Waals surface area contributed by atoms with Crippen molar-refractivity contribution < 1.29 is 4.79 Å². The second-order valence-electron chi connectivity index (χ2n) is 10.3. The fourth-order valence-electron chi connectivity index (χ4n) is 5.87. The summed E-state index contributed by atoms with van der Waals surface area (Å²) >= 11 is 1.37. The van der Waals surface area contributed by atoms with Crippen molar-refractivity contribution in [3.8, 4) is 11.3 Å². The first kappa shape index (κ1) is 24.8. The standard InChI is InChI=1S/C30H35N3O2S/c1-3-4-18-33-28(35)26-27(23-14-8-7-13-22(23)19-30(26)16-10-5-11-17-30)32-29(33)36-20-25(34)31-24-15-9-6-12-21(24)2/h6-9,12-15H,3-5,10-11,16-20H2,1-2H3,(H,31,34). The molecule has 1 spiro atoms. The van der Waals surface area contributed by atoms with Gasteiger partial charge in [-0.25, -0.2) is 4.98 Å². The van der Waals surface area contributed by atoms with Crippen LogP contribution in [0.2, 0.25) is 0 Å². The molecule has 1 amide bonds. The van der Waals surface area contributed by atoms with E-state index in [9.17, 15) is 9.59 Å². The molecular formula is C30H35N3O2S. The highest BCUT2D eigenvalue weighted by Gasteiger charge is 2.43. The lowest BCUT2D eigenvalue weighted by Gasteiger charge is -2.42. The lowest BCUT2D eigenvalue weighted by Crippen LogP contribution is -2.43. The smallest absolute Gasteiger partial charge is 0.258 e. The number of unbranched alkanes of at least 4 members (excludes halogenated alkanes) is 1. The van der Waals surface area contributed by atoms with Gasteiger partial charge >= 0.3 is 0 Å². The molecular weight excluding hydrogens is 466 g/mol. The van der Waals surface area contributed by atoms with E-state index in [4.69, 9.17) is 4.98 Å². The molecule has 1 N–H and O–H groups in total. The Morgan fingerprint density at radius 3 is 2.61 bits per heavy atom. The summed E-state index contributed by atoms with van der Waals surface area (Å²) < 4.78 is 1.86. The SMILES string of the molecule is CCCCn1c(SCC(=O)Nc2ccccc2C)nc2c(c1=O)C1(CCCCC1)Cc1ccccc1-2. The van der Waals surface area contributed by atoms with Gasteiger partial charge in [0, 0.05) is 23.2 Å². The van der Waals surface area contributed by atoms with Crippen molar-refractivity contribution >= 4 is 23.4 Å². The number of benzene rings is 2. The summed E-state index contributed by atoms with van der Waals surface area (Å²) in [5.41, 5.74) is 5.96. The third kappa shape index (κ3) is 4.75. The van der Waals surface area contributed by atoms with Crippen LogP contribution in [0.25, 0.3) is 11.3 Å². The average molecular weight is 502 g/mol. The Kier molecular flexibility index (Phi) is 7.33. The number of thioether (sulfide) groups is 1. The highest BCUT2D eigenvalue weighted by molar-refractivity contribution is 7.99. The predicted octanol–water partition coefficient (Wildman–Crippen LogP) is 6.51. The van der Waals surface area contributed by atoms with E-state index in [0.29, 0.717) is 11.7 Å². The minimum Gasteiger partial charge on any atom is -0.325 e. The van der Waals surface area contributed by atoms with Crippen LogP contribution < -0.4 is 10.9 Å². The molecule has 0 saturated heterocycles. The predicted molar refractivity (Wildman–Crippen MR) is 148 cm³/mol. The highest BCUT2D eigenvalue weighted by atomic mass is 32.2. The molecule has 0 unspecified atom stereocenters. The normalized spacial score (nSPS) is 15.8. The maximum Gasteiger partial charge on any atom is 0.258 e. The fraction of sp³-hybridized carbons (Fsp3) is 0.433. The Hall–Kier alpha value is -2.86. The van der Waals surface area contributed by atoms with Crippen LogP contribution >= 0.6 is 11.8 Å². The van der Waals surface area contributed by atoms with Gasteiger partial charge < -0.3 is 5.32 Å². The molecule has 2 aliphatic rings. The topological polar surface area (TPSA) is 64.0 Å². The molecule has 6 heteroatoms. The Morgan fingerprint density at radius 2 is 1.83 bits per heavy atom. The minimum absolute atomic E-state index is 0.0903. The van der Waals surface area contributed by atoms with Crippen molar-refractivity contribution in [3.63, 3.8) is 0 Å². The van der Waals surface area contributed by atoms with Crippen molar-refractivity contribution in [1.29, 1.82) is 0 Å². The van der Waals surface area contributed by atoms with Gasteiger partial charge in [0.25, 0.3) is 5.56 Å². The second kappa shape index (κ2) is 10.6. The molecule has 5 rings (SSSR count). The van der Waals surface area contributed by atoms with Gasteiger partial charge in [-0.1, -0.05) is 86.8 Å². The van der Waals surface area contributed by atoms with Crippen molar-refractivity contribution in [1.82, 2.24) is 9.55 Å². The zero-order valence-corrected chi connectivity index (χ0v) is 22.1. The van der Waals surface area contributed by atoms with E-state index < -0.39 is 0 Å². The van der Waals surface area contributed by atoms with Crippen LogP contribution in [-0.2, 0) is 23.2 Å². The molecule has 0 atom stereocenters. The number of anilines is 1. The van der Waals surface area contributed by atoms with Crippen LogP contribution in [-0.4, -0.2) is 21.2 Å². The van der Waals surface area contributed by atoms with Crippen molar-refractivity contribution in [2.45, 2.75) is 82.3 Å². The van der Waals surface area contributed by atoms with Gasteiger partial charge in [-0.2, -0.15) is 0 Å². The summed E-state index contributed by atoms with van der Waals surface area (Å²) in [7, 11) is 0. The third-order valence-corrected chi connectivity index (χ3v) is 8.74. The first-order chi connectivity index (χ1) is 17.5. The number of fused-ring (bicyclic) bond motifs is 4. The number of hydrogen-bond donors (Lipinski definition) is 1. The van der Waals surface area contributed by atoms with Crippen LogP contribution in [0.3, 0.4) is 0 Å². The molecule has 5 nitrogen and oxygen atoms in total. The van der Waals surface area contributed by atoms with Gasteiger partial charge in [0.05, 0.1) is 17.0 Å². The van der Waals surface area contributed by atoms with Crippen LogP contribution in [0, 0.1) is 6.92 Å². The summed E-state index contributed by atoms with van der Waals surface area (Å²) in [6.07, 6.45) is 8.47. The number of nitrogens with zero attached hydrogens (tertiary/aromatic N) is 2. The molecule has 1 fully saturated rings. The number of carbonyl (C=O) groups excluding carboxylic acids is 1. The number of rotatable bonds is 7. The van der Waals surface area contributed by atoms with Gasteiger partial charge in [-0.3, -0.25) is 14.2 Å². The number of carbonyl (C=O) groups is 1. The Labute approximate surface area is 217 Å². The van der Waals surface area contributed by atoms with E-state index in [1.165, 1.54) is 23.7 Å². The van der Waals surface area contributed by atoms with E-state index in [-0.39, 0.29) is 22.6 Å². The summed E-state index contributed by atoms with van der Waals surface area (Å²) in [5.74, 6) is 0.117. The fourth-order valence-corrected chi connectivity index (χ4v) is 6.69. The summed E-state index contributed by atoms with van der Waals surface area (Å²) in [6, 6.07) is 16.2. The monoisotopic (exact) mass is 501 g/mol. The quantitative estimate of drug-likeness (QED) is 0.296. The number of hydrogen-bond acceptors (Lipinski definition) is 4. The Bertz CT molecular complexity index is 1320. The molecule has 2 aliphatic carbocycles. The zero-order valence-electron chi connectivity index (χ0n) is 21.3. The second-order valence-corrected chi connectivity index (χ2v) is 11.2. The third-order valence-electron chi connectivity index (χ3n) is 7.76. The lowest BCUT2D eigenvalue weighted by molar-refractivity contribution is -0.113. The minimum atomic E-state index is -0.120. The van der Waals surface area contributed by atoms with Crippen LogP contribution in [0.4, 0.5) is 5.69 Å². The molecule has 1 aromatic heterocycles. The lowest BCUT2D eigenvalue weighted by atomic mass is 9.62. The number of aromatic nitrogens is 2.